The van der Waals surface area contributed by atoms with Gasteiger partial charge in [0.2, 0.25) is 0 Å². The van der Waals surface area contributed by atoms with Crippen LogP contribution in [0.5, 0.6) is 0 Å². The first-order chi connectivity index (χ1) is 11.1. The summed E-state index contributed by atoms with van der Waals surface area (Å²) in [5, 5.41) is 9.19. The van der Waals surface area contributed by atoms with Crippen molar-refractivity contribution in [2.24, 2.45) is 0 Å². The zero-order chi connectivity index (χ0) is 16.0. The standard InChI is InChI=1S/C18H25N5/c1-18(2,22(3)12-14-6-4-5-11-19-14)17-21-20-16(13-7-8-13)23(17)15-9-10-15/h4-6,11,13,15H,7-10,12H2,1-3H3. The quantitative estimate of drug-likeness (QED) is 0.821. The van der Waals surface area contributed by atoms with Crippen molar-refractivity contribution < 1.29 is 0 Å². The van der Waals surface area contributed by atoms with Crippen LogP contribution in [0.4, 0.5) is 0 Å². The van der Waals surface area contributed by atoms with Crippen molar-refractivity contribution in [2.45, 2.75) is 63.6 Å². The van der Waals surface area contributed by atoms with Crippen molar-refractivity contribution in [2.75, 3.05) is 7.05 Å². The minimum absolute atomic E-state index is 0.166. The zero-order valence-corrected chi connectivity index (χ0v) is 14.2. The SMILES string of the molecule is CN(Cc1ccccn1)C(C)(C)c1nnc(C2CC2)n1C1CC1. The molecule has 2 aromatic rings. The van der Waals surface area contributed by atoms with E-state index in [0.29, 0.717) is 12.0 Å². The molecule has 0 spiro atoms. The normalized spacial score (nSPS) is 18.6. The van der Waals surface area contributed by atoms with Gasteiger partial charge >= 0.3 is 0 Å². The molecule has 0 radical (unpaired) electrons. The van der Waals surface area contributed by atoms with Gasteiger partial charge in [0.05, 0.1) is 11.2 Å². The predicted molar refractivity (Wildman–Crippen MR) is 89.0 cm³/mol. The van der Waals surface area contributed by atoms with E-state index in [4.69, 9.17) is 0 Å². The van der Waals surface area contributed by atoms with Crippen LogP contribution in [0, 0.1) is 0 Å². The molecule has 0 saturated heterocycles. The van der Waals surface area contributed by atoms with Crippen LogP contribution < -0.4 is 0 Å². The molecule has 2 saturated carbocycles. The van der Waals surface area contributed by atoms with Crippen LogP contribution in [0.25, 0.3) is 0 Å². The van der Waals surface area contributed by atoms with Crippen molar-refractivity contribution in [3.63, 3.8) is 0 Å². The Kier molecular flexibility index (Phi) is 3.48. The molecule has 0 atom stereocenters. The van der Waals surface area contributed by atoms with E-state index in [0.717, 1.165) is 18.1 Å². The fourth-order valence-electron chi connectivity index (χ4n) is 3.14. The lowest BCUT2D eigenvalue weighted by atomic mass is 10.0. The Morgan fingerprint density at radius 3 is 2.57 bits per heavy atom. The van der Waals surface area contributed by atoms with Gasteiger partial charge in [0.15, 0.2) is 5.82 Å². The third-order valence-electron chi connectivity index (χ3n) is 5.20. The Hall–Kier alpha value is -1.75. The highest BCUT2D eigenvalue weighted by Gasteiger charge is 2.41. The van der Waals surface area contributed by atoms with Crippen LogP contribution in [-0.4, -0.2) is 31.7 Å². The summed E-state index contributed by atoms with van der Waals surface area (Å²) in [5.41, 5.74) is 0.920. The molecule has 5 heteroatoms. The third kappa shape index (κ3) is 2.78. The van der Waals surface area contributed by atoms with Gasteiger partial charge in [-0.2, -0.15) is 0 Å². The number of nitrogens with zero attached hydrogens (tertiary/aromatic N) is 5. The molecule has 2 aromatic heterocycles. The first-order valence-electron chi connectivity index (χ1n) is 8.64. The van der Waals surface area contributed by atoms with Gasteiger partial charge in [-0.25, -0.2) is 0 Å². The summed E-state index contributed by atoms with van der Waals surface area (Å²) in [6, 6.07) is 6.70. The summed E-state index contributed by atoms with van der Waals surface area (Å²) in [6.07, 6.45) is 6.94. The van der Waals surface area contributed by atoms with Gasteiger partial charge in [0.25, 0.3) is 0 Å². The van der Waals surface area contributed by atoms with Crippen LogP contribution in [0.1, 0.15) is 68.8 Å². The summed E-state index contributed by atoms with van der Waals surface area (Å²) < 4.78 is 2.45. The lowest BCUT2D eigenvalue weighted by Gasteiger charge is -2.35. The smallest absolute Gasteiger partial charge is 0.153 e. The van der Waals surface area contributed by atoms with E-state index in [-0.39, 0.29) is 5.54 Å². The fourth-order valence-corrected chi connectivity index (χ4v) is 3.14. The molecule has 4 rings (SSSR count). The second-order valence-electron chi connectivity index (χ2n) is 7.49. The van der Waals surface area contributed by atoms with Crippen LogP contribution in [-0.2, 0) is 12.1 Å². The van der Waals surface area contributed by atoms with Gasteiger partial charge in [0.1, 0.15) is 5.82 Å². The van der Waals surface area contributed by atoms with Crippen LogP contribution in [0.2, 0.25) is 0 Å². The van der Waals surface area contributed by atoms with Crippen molar-refractivity contribution in [1.29, 1.82) is 0 Å². The minimum Gasteiger partial charge on any atom is -0.310 e. The predicted octanol–water partition coefficient (Wildman–Crippen LogP) is 3.25. The van der Waals surface area contributed by atoms with Crippen molar-refractivity contribution in [1.82, 2.24) is 24.6 Å². The summed E-state index contributed by atoms with van der Waals surface area (Å²) >= 11 is 0. The molecule has 0 amide bonds. The lowest BCUT2D eigenvalue weighted by molar-refractivity contribution is 0.131. The average molecular weight is 311 g/mol. The second-order valence-corrected chi connectivity index (χ2v) is 7.49. The number of aromatic nitrogens is 4. The first-order valence-corrected chi connectivity index (χ1v) is 8.64. The minimum atomic E-state index is -0.166. The first kappa shape index (κ1) is 14.8. The molecule has 122 valence electrons. The van der Waals surface area contributed by atoms with E-state index in [2.05, 4.69) is 51.6 Å². The Labute approximate surface area is 137 Å². The van der Waals surface area contributed by atoms with Crippen molar-refractivity contribution >= 4 is 0 Å². The number of rotatable bonds is 6. The molecule has 5 nitrogen and oxygen atoms in total. The number of hydrogen-bond acceptors (Lipinski definition) is 4. The molecule has 0 N–H and O–H groups in total. The monoisotopic (exact) mass is 311 g/mol. The molecule has 0 unspecified atom stereocenters. The maximum Gasteiger partial charge on any atom is 0.153 e. The Bertz CT molecular complexity index is 683. The molecular weight excluding hydrogens is 286 g/mol. The Morgan fingerprint density at radius 1 is 1.17 bits per heavy atom. The molecule has 2 aliphatic carbocycles. The largest absolute Gasteiger partial charge is 0.310 e. The van der Waals surface area contributed by atoms with E-state index < -0.39 is 0 Å². The number of hydrogen-bond donors (Lipinski definition) is 0. The van der Waals surface area contributed by atoms with Gasteiger partial charge in [-0.1, -0.05) is 6.07 Å². The highest BCUT2D eigenvalue weighted by molar-refractivity contribution is 5.17. The Morgan fingerprint density at radius 2 is 1.96 bits per heavy atom. The third-order valence-corrected chi connectivity index (χ3v) is 5.20. The summed E-state index contributed by atoms with van der Waals surface area (Å²) in [4.78, 5) is 6.78. The lowest BCUT2D eigenvalue weighted by Crippen LogP contribution is -2.40. The molecule has 2 aliphatic rings. The van der Waals surface area contributed by atoms with Crippen LogP contribution >= 0.6 is 0 Å². The zero-order valence-electron chi connectivity index (χ0n) is 14.2. The van der Waals surface area contributed by atoms with E-state index in [1.807, 2.05) is 18.3 Å². The molecule has 2 fully saturated rings. The van der Waals surface area contributed by atoms with Gasteiger partial charge < -0.3 is 4.57 Å². The molecular formula is C18H25N5. The average Bonchev–Trinajstić information content (AvgIpc) is 3.47. The van der Waals surface area contributed by atoms with E-state index in [9.17, 15) is 0 Å². The molecule has 0 bridgehead atoms. The van der Waals surface area contributed by atoms with Crippen LogP contribution in [0.15, 0.2) is 24.4 Å². The van der Waals surface area contributed by atoms with Gasteiger partial charge in [-0.05, 0) is 58.7 Å². The Balaban J connectivity index is 1.62. The molecule has 2 heterocycles. The van der Waals surface area contributed by atoms with E-state index in [1.54, 1.807) is 0 Å². The van der Waals surface area contributed by atoms with Crippen molar-refractivity contribution in [3.8, 4) is 0 Å². The summed E-state index contributed by atoms with van der Waals surface area (Å²) in [6.45, 7) is 5.30. The maximum absolute atomic E-state index is 4.62. The molecule has 23 heavy (non-hydrogen) atoms. The number of pyridine rings is 1. The highest BCUT2D eigenvalue weighted by atomic mass is 15.3. The van der Waals surface area contributed by atoms with Gasteiger partial charge in [-0.3, -0.25) is 9.88 Å². The molecule has 0 aromatic carbocycles. The second kappa shape index (κ2) is 5.41. The molecule has 0 aliphatic heterocycles. The summed E-state index contributed by atoms with van der Waals surface area (Å²) in [7, 11) is 2.15. The van der Waals surface area contributed by atoms with Gasteiger partial charge in [-0.15, -0.1) is 10.2 Å². The van der Waals surface area contributed by atoms with Gasteiger partial charge in [0, 0.05) is 24.7 Å². The maximum atomic E-state index is 4.62. The van der Waals surface area contributed by atoms with E-state index >= 15 is 0 Å². The fraction of sp³-hybridized carbons (Fsp3) is 0.611. The van der Waals surface area contributed by atoms with Crippen LogP contribution in [0.3, 0.4) is 0 Å². The summed E-state index contributed by atoms with van der Waals surface area (Å²) in [5.74, 6) is 2.98. The van der Waals surface area contributed by atoms with Crippen molar-refractivity contribution in [3.05, 3.63) is 41.7 Å². The highest BCUT2D eigenvalue weighted by Crippen LogP contribution is 2.46. The van der Waals surface area contributed by atoms with E-state index in [1.165, 1.54) is 31.5 Å². The topological polar surface area (TPSA) is 46.8 Å².